The van der Waals surface area contributed by atoms with E-state index in [9.17, 15) is 4.79 Å². The molecule has 0 aliphatic carbocycles. The number of carbonyl (C=O) groups is 1. The normalized spacial score (nSPS) is 12.1. The minimum atomic E-state index is -0.246. The van der Waals surface area contributed by atoms with Crippen molar-refractivity contribution in [2.45, 2.75) is 13.0 Å². The van der Waals surface area contributed by atoms with Gasteiger partial charge in [0.05, 0.1) is 0 Å². The van der Waals surface area contributed by atoms with Gasteiger partial charge in [-0.05, 0) is 47.7 Å². The van der Waals surface area contributed by atoms with E-state index >= 15 is 0 Å². The highest BCUT2D eigenvalue weighted by molar-refractivity contribution is 14.1. The Morgan fingerprint density at radius 2 is 2.12 bits per heavy atom. The van der Waals surface area contributed by atoms with E-state index in [1.165, 1.54) is 0 Å². The van der Waals surface area contributed by atoms with E-state index in [1.54, 1.807) is 25.1 Å². The highest BCUT2D eigenvalue weighted by atomic mass is 127. The van der Waals surface area contributed by atoms with Gasteiger partial charge in [0, 0.05) is 28.4 Å². The molecule has 0 spiro atoms. The van der Waals surface area contributed by atoms with Crippen LogP contribution in [0.15, 0.2) is 18.2 Å². The van der Waals surface area contributed by atoms with Crippen molar-refractivity contribution in [1.29, 1.82) is 0 Å². The second kappa shape index (κ2) is 5.72. The number of rotatable bonds is 3. The van der Waals surface area contributed by atoms with Crippen LogP contribution in [0, 0.1) is 3.57 Å². The molecule has 0 aliphatic rings. The number of benzene rings is 1. The smallest absolute Gasteiger partial charge is 0.244 e. The van der Waals surface area contributed by atoms with E-state index in [1.807, 2.05) is 19.1 Å². The molecular weight excluding hydrogens is 338 g/mol. The first-order valence-corrected chi connectivity index (χ1v) is 6.30. The zero-order valence-electron chi connectivity index (χ0n) is 9.42. The maximum Gasteiger partial charge on any atom is 0.244 e. The maximum atomic E-state index is 11.7. The van der Waals surface area contributed by atoms with E-state index in [2.05, 4.69) is 27.9 Å². The third kappa shape index (κ3) is 3.52. The van der Waals surface area contributed by atoms with Crippen LogP contribution in [-0.4, -0.2) is 30.9 Å². The first kappa shape index (κ1) is 13.6. The average molecular weight is 353 g/mol. The van der Waals surface area contributed by atoms with Crippen molar-refractivity contribution >= 4 is 45.8 Å². The van der Waals surface area contributed by atoms with Gasteiger partial charge in [0.15, 0.2) is 0 Å². The van der Waals surface area contributed by atoms with Gasteiger partial charge in [0.1, 0.15) is 6.04 Å². The van der Waals surface area contributed by atoms with Gasteiger partial charge in [-0.1, -0.05) is 11.6 Å². The molecule has 1 N–H and O–H groups in total. The summed E-state index contributed by atoms with van der Waals surface area (Å²) in [5.74, 6) is 0.0470. The third-order valence-corrected chi connectivity index (χ3v) is 3.24. The fourth-order valence-corrected chi connectivity index (χ4v) is 2.32. The first-order valence-electron chi connectivity index (χ1n) is 4.84. The van der Waals surface area contributed by atoms with Gasteiger partial charge in [0.2, 0.25) is 5.91 Å². The molecule has 0 radical (unpaired) electrons. The number of anilines is 1. The van der Waals surface area contributed by atoms with Gasteiger partial charge >= 0.3 is 0 Å². The number of hydrogen-bond acceptors (Lipinski definition) is 2. The summed E-state index contributed by atoms with van der Waals surface area (Å²) in [6, 6.07) is 5.30. The van der Waals surface area contributed by atoms with Crippen LogP contribution in [0.2, 0.25) is 5.02 Å². The van der Waals surface area contributed by atoms with Crippen molar-refractivity contribution in [3.05, 3.63) is 26.8 Å². The molecular formula is C11H14ClIN2O. The van der Waals surface area contributed by atoms with Gasteiger partial charge in [-0.15, -0.1) is 0 Å². The minimum absolute atomic E-state index is 0.0470. The summed E-state index contributed by atoms with van der Waals surface area (Å²) in [4.78, 5) is 13.2. The number of carbonyl (C=O) groups excluding carboxylic acids is 1. The molecule has 1 atom stereocenters. The number of halogens is 2. The van der Waals surface area contributed by atoms with Gasteiger partial charge in [-0.2, -0.15) is 0 Å². The molecule has 0 aromatic heterocycles. The molecule has 1 aromatic carbocycles. The summed E-state index contributed by atoms with van der Waals surface area (Å²) in [6.07, 6.45) is 0. The van der Waals surface area contributed by atoms with E-state index in [4.69, 9.17) is 11.6 Å². The molecule has 0 aliphatic heterocycles. The highest BCUT2D eigenvalue weighted by Gasteiger charge is 2.15. The lowest BCUT2D eigenvalue weighted by Crippen LogP contribution is -2.36. The number of likely N-dealkylation sites (N-methyl/N-ethyl adjacent to an activating group) is 1. The molecule has 0 heterocycles. The number of amides is 1. The fraction of sp³-hybridized carbons (Fsp3) is 0.364. The van der Waals surface area contributed by atoms with Crippen LogP contribution in [0.1, 0.15) is 6.92 Å². The molecule has 0 bridgehead atoms. The van der Waals surface area contributed by atoms with Crippen LogP contribution in [0.5, 0.6) is 0 Å². The summed E-state index contributed by atoms with van der Waals surface area (Å²) in [5.41, 5.74) is 0.924. The van der Waals surface area contributed by atoms with Crippen LogP contribution in [0.25, 0.3) is 0 Å². The van der Waals surface area contributed by atoms with Crippen molar-refractivity contribution < 1.29 is 4.79 Å². The zero-order valence-corrected chi connectivity index (χ0v) is 12.3. The maximum absolute atomic E-state index is 11.7. The summed E-state index contributed by atoms with van der Waals surface area (Å²) in [5, 5.41) is 3.86. The average Bonchev–Trinajstić information content (AvgIpc) is 2.20. The minimum Gasteiger partial charge on any atom is -0.373 e. The molecule has 0 saturated carbocycles. The predicted molar refractivity (Wildman–Crippen MR) is 75.9 cm³/mol. The van der Waals surface area contributed by atoms with Crippen molar-refractivity contribution in [2.75, 3.05) is 19.4 Å². The Labute approximate surface area is 114 Å². The molecule has 0 fully saturated rings. The van der Waals surface area contributed by atoms with Crippen molar-refractivity contribution in [1.82, 2.24) is 4.90 Å². The predicted octanol–water partition coefficient (Wildman–Crippen LogP) is 2.83. The molecule has 1 amide bonds. The number of hydrogen-bond donors (Lipinski definition) is 1. The number of nitrogens with one attached hydrogen (secondary N) is 1. The second-order valence-electron chi connectivity index (χ2n) is 3.72. The topological polar surface area (TPSA) is 32.3 Å². The molecule has 1 rings (SSSR count). The van der Waals surface area contributed by atoms with Crippen LogP contribution < -0.4 is 5.32 Å². The van der Waals surface area contributed by atoms with E-state index < -0.39 is 0 Å². The molecule has 3 nitrogen and oxygen atoms in total. The van der Waals surface area contributed by atoms with Crippen LogP contribution in [0.3, 0.4) is 0 Å². The van der Waals surface area contributed by atoms with Gasteiger partial charge < -0.3 is 10.2 Å². The molecule has 0 saturated heterocycles. The standard InChI is InChI=1S/C11H14ClIN2O/c1-7(11(16)15(2)3)14-10-5-4-8(12)6-9(10)13/h4-7,14H,1-3H3. The molecule has 1 unspecified atom stereocenters. The number of nitrogens with zero attached hydrogens (tertiary/aromatic N) is 1. The van der Waals surface area contributed by atoms with Crippen molar-refractivity contribution in [2.24, 2.45) is 0 Å². The Hall–Kier alpha value is -0.490. The van der Waals surface area contributed by atoms with Crippen LogP contribution in [-0.2, 0) is 4.79 Å². The quantitative estimate of drug-likeness (QED) is 0.849. The Balaban J connectivity index is 2.77. The van der Waals surface area contributed by atoms with E-state index in [-0.39, 0.29) is 11.9 Å². The van der Waals surface area contributed by atoms with Crippen molar-refractivity contribution in [3.63, 3.8) is 0 Å². The Morgan fingerprint density at radius 1 is 1.50 bits per heavy atom. The summed E-state index contributed by atoms with van der Waals surface area (Å²) in [6.45, 7) is 1.84. The lowest BCUT2D eigenvalue weighted by Gasteiger charge is -2.19. The van der Waals surface area contributed by atoms with Crippen LogP contribution >= 0.6 is 34.2 Å². The van der Waals surface area contributed by atoms with Gasteiger partial charge in [0.25, 0.3) is 0 Å². The van der Waals surface area contributed by atoms with Gasteiger partial charge in [-0.25, -0.2) is 0 Å². The van der Waals surface area contributed by atoms with Crippen molar-refractivity contribution in [3.8, 4) is 0 Å². The lowest BCUT2D eigenvalue weighted by atomic mass is 10.2. The van der Waals surface area contributed by atoms with E-state index in [0.29, 0.717) is 5.02 Å². The molecule has 5 heteroatoms. The van der Waals surface area contributed by atoms with E-state index in [0.717, 1.165) is 9.26 Å². The Morgan fingerprint density at radius 3 is 2.62 bits per heavy atom. The second-order valence-corrected chi connectivity index (χ2v) is 5.32. The summed E-state index contributed by atoms with van der Waals surface area (Å²) < 4.78 is 1.00. The Kier molecular flexibility index (Phi) is 4.86. The summed E-state index contributed by atoms with van der Waals surface area (Å²) in [7, 11) is 3.49. The molecule has 16 heavy (non-hydrogen) atoms. The van der Waals surface area contributed by atoms with Crippen LogP contribution in [0.4, 0.5) is 5.69 Å². The Bertz CT molecular complexity index is 396. The largest absolute Gasteiger partial charge is 0.373 e. The summed E-state index contributed by atoms with van der Waals surface area (Å²) >= 11 is 8.05. The SMILES string of the molecule is CC(Nc1ccc(Cl)cc1I)C(=O)N(C)C. The van der Waals surface area contributed by atoms with Gasteiger partial charge in [-0.3, -0.25) is 4.79 Å². The fourth-order valence-electron chi connectivity index (χ4n) is 1.29. The first-order chi connectivity index (χ1) is 7.41. The monoisotopic (exact) mass is 352 g/mol. The third-order valence-electron chi connectivity index (χ3n) is 2.11. The zero-order chi connectivity index (χ0) is 12.3. The molecule has 88 valence electrons. The lowest BCUT2D eigenvalue weighted by molar-refractivity contribution is -0.129. The highest BCUT2D eigenvalue weighted by Crippen LogP contribution is 2.22. The molecule has 1 aromatic rings.